The molecule has 0 fully saturated rings. The van der Waals surface area contributed by atoms with E-state index in [0.29, 0.717) is 22.2 Å². The van der Waals surface area contributed by atoms with Crippen molar-refractivity contribution in [2.75, 3.05) is 7.11 Å². The fraction of sp³-hybridized carbons (Fsp3) is 0.333. The Hall–Kier alpha value is -1.68. The third-order valence-corrected chi connectivity index (χ3v) is 3.02. The summed E-state index contributed by atoms with van der Waals surface area (Å²) in [5.41, 5.74) is 0.528. The SMILES string of the molecule is COc1cccc(-c2cc(Cl)nc(C(C)(C)C)n2)c1F. The van der Waals surface area contributed by atoms with Crippen molar-refractivity contribution in [3.05, 3.63) is 41.1 Å². The van der Waals surface area contributed by atoms with Crippen LogP contribution in [0, 0.1) is 5.82 Å². The van der Waals surface area contributed by atoms with Crippen molar-refractivity contribution >= 4 is 11.6 Å². The number of benzene rings is 1. The smallest absolute Gasteiger partial charge is 0.174 e. The Morgan fingerprint density at radius 1 is 1.20 bits per heavy atom. The van der Waals surface area contributed by atoms with E-state index in [-0.39, 0.29) is 11.2 Å². The molecule has 3 nitrogen and oxygen atoms in total. The molecule has 0 aliphatic rings. The highest BCUT2D eigenvalue weighted by Gasteiger charge is 2.20. The lowest BCUT2D eigenvalue weighted by molar-refractivity contribution is 0.387. The lowest BCUT2D eigenvalue weighted by Crippen LogP contribution is -2.16. The Bertz CT molecular complexity index is 638. The number of aromatic nitrogens is 2. The van der Waals surface area contributed by atoms with Gasteiger partial charge in [0.25, 0.3) is 0 Å². The second-order valence-corrected chi connectivity index (χ2v) is 5.86. The monoisotopic (exact) mass is 294 g/mol. The van der Waals surface area contributed by atoms with Crippen LogP contribution in [-0.4, -0.2) is 17.1 Å². The maximum Gasteiger partial charge on any atom is 0.174 e. The Morgan fingerprint density at radius 3 is 2.50 bits per heavy atom. The van der Waals surface area contributed by atoms with Crippen LogP contribution in [0.4, 0.5) is 4.39 Å². The molecule has 0 saturated heterocycles. The highest BCUT2D eigenvalue weighted by molar-refractivity contribution is 6.29. The van der Waals surface area contributed by atoms with Gasteiger partial charge < -0.3 is 4.74 Å². The predicted molar refractivity (Wildman–Crippen MR) is 77.7 cm³/mol. The maximum atomic E-state index is 14.3. The van der Waals surface area contributed by atoms with Crippen LogP contribution in [0.5, 0.6) is 5.75 Å². The van der Waals surface area contributed by atoms with Gasteiger partial charge in [0, 0.05) is 17.0 Å². The summed E-state index contributed by atoms with van der Waals surface area (Å²) in [5, 5.41) is 0.294. The van der Waals surface area contributed by atoms with Crippen LogP contribution in [0.25, 0.3) is 11.3 Å². The van der Waals surface area contributed by atoms with Gasteiger partial charge in [-0.3, -0.25) is 0 Å². The second-order valence-electron chi connectivity index (χ2n) is 5.47. The van der Waals surface area contributed by atoms with E-state index >= 15 is 0 Å². The number of ether oxygens (including phenoxy) is 1. The second kappa shape index (κ2) is 5.37. The molecule has 0 amide bonds. The fourth-order valence-corrected chi connectivity index (χ4v) is 1.94. The highest BCUT2D eigenvalue weighted by Crippen LogP contribution is 2.30. The van der Waals surface area contributed by atoms with Gasteiger partial charge in [-0.2, -0.15) is 0 Å². The van der Waals surface area contributed by atoms with E-state index < -0.39 is 5.82 Å². The Labute approximate surface area is 122 Å². The maximum absolute atomic E-state index is 14.3. The molecule has 1 aromatic carbocycles. The summed E-state index contributed by atoms with van der Waals surface area (Å²) in [5.74, 6) is 0.293. The van der Waals surface area contributed by atoms with Gasteiger partial charge in [0.05, 0.1) is 12.8 Å². The molecule has 0 unspecified atom stereocenters. The van der Waals surface area contributed by atoms with Crippen LogP contribution in [0.2, 0.25) is 5.15 Å². The molecular formula is C15H16ClFN2O. The topological polar surface area (TPSA) is 35.0 Å². The molecule has 0 aliphatic heterocycles. The Balaban J connectivity index is 2.62. The van der Waals surface area contributed by atoms with Crippen molar-refractivity contribution < 1.29 is 9.13 Å². The van der Waals surface area contributed by atoms with E-state index in [1.165, 1.54) is 7.11 Å². The average Bonchev–Trinajstić information content (AvgIpc) is 2.37. The molecule has 106 valence electrons. The lowest BCUT2D eigenvalue weighted by Gasteiger charge is -2.17. The van der Waals surface area contributed by atoms with Gasteiger partial charge in [0.2, 0.25) is 0 Å². The third-order valence-electron chi connectivity index (χ3n) is 2.82. The van der Waals surface area contributed by atoms with E-state index in [4.69, 9.17) is 16.3 Å². The quantitative estimate of drug-likeness (QED) is 0.777. The van der Waals surface area contributed by atoms with Crippen molar-refractivity contribution in [1.29, 1.82) is 0 Å². The molecule has 0 bridgehead atoms. The normalized spacial score (nSPS) is 11.5. The minimum Gasteiger partial charge on any atom is -0.494 e. The molecule has 2 aromatic rings. The van der Waals surface area contributed by atoms with E-state index in [1.807, 2.05) is 20.8 Å². The van der Waals surface area contributed by atoms with Crippen LogP contribution in [-0.2, 0) is 5.41 Å². The van der Waals surface area contributed by atoms with Crippen molar-refractivity contribution in [3.63, 3.8) is 0 Å². The van der Waals surface area contributed by atoms with E-state index in [1.54, 1.807) is 24.3 Å². The van der Waals surface area contributed by atoms with Gasteiger partial charge in [-0.05, 0) is 12.1 Å². The number of rotatable bonds is 2. The fourth-order valence-electron chi connectivity index (χ4n) is 1.76. The summed E-state index contributed by atoms with van der Waals surface area (Å²) in [6.45, 7) is 5.93. The van der Waals surface area contributed by atoms with E-state index in [9.17, 15) is 4.39 Å². The summed E-state index contributed by atoms with van der Waals surface area (Å²) >= 11 is 6.03. The zero-order valence-electron chi connectivity index (χ0n) is 11.9. The van der Waals surface area contributed by atoms with Crippen LogP contribution in [0.1, 0.15) is 26.6 Å². The van der Waals surface area contributed by atoms with Gasteiger partial charge in [-0.25, -0.2) is 14.4 Å². The first-order valence-electron chi connectivity index (χ1n) is 6.21. The van der Waals surface area contributed by atoms with E-state index in [0.717, 1.165) is 0 Å². The first-order chi connectivity index (χ1) is 9.32. The molecular weight excluding hydrogens is 279 g/mol. The number of halogens is 2. The van der Waals surface area contributed by atoms with Gasteiger partial charge in [0.15, 0.2) is 11.6 Å². The molecule has 0 aliphatic carbocycles. The summed E-state index contributed by atoms with van der Waals surface area (Å²) in [6, 6.07) is 6.47. The van der Waals surface area contributed by atoms with Crippen LogP contribution in [0.15, 0.2) is 24.3 Å². The van der Waals surface area contributed by atoms with Gasteiger partial charge in [0.1, 0.15) is 11.0 Å². The first kappa shape index (κ1) is 14.7. The summed E-state index contributed by atoms with van der Waals surface area (Å²) in [4.78, 5) is 8.62. The van der Waals surface area contributed by atoms with Crippen molar-refractivity contribution in [2.24, 2.45) is 0 Å². The molecule has 1 aromatic heterocycles. The van der Waals surface area contributed by atoms with Gasteiger partial charge in [-0.1, -0.05) is 38.4 Å². The number of methoxy groups -OCH3 is 1. The van der Waals surface area contributed by atoms with Crippen LogP contribution in [0.3, 0.4) is 0 Å². The molecule has 0 N–H and O–H groups in total. The number of hydrogen-bond donors (Lipinski definition) is 0. The largest absolute Gasteiger partial charge is 0.494 e. The molecule has 0 saturated carbocycles. The first-order valence-corrected chi connectivity index (χ1v) is 6.58. The predicted octanol–water partition coefficient (Wildman–Crippen LogP) is 4.24. The lowest BCUT2D eigenvalue weighted by atomic mass is 9.95. The summed E-state index contributed by atoms with van der Waals surface area (Å²) in [6.07, 6.45) is 0. The standard InChI is InChI=1S/C15H16ClFN2O/c1-15(2,3)14-18-10(8-12(16)19-14)9-6-5-7-11(20-4)13(9)17/h5-8H,1-4H3. The molecule has 1 heterocycles. The average molecular weight is 295 g/mol. The van der Waals surface area contributed by atoms with Crippen LogP contribution < -0.4 is 4.74 Å². The number of nitrogens with zero attached hydrogens (tertiary/aromatic N) is 2. The molecule has 20 heavy (non-hydrogen) atoms. The van der Waals surface area contributed by atoms with Crippen LogP contribution >= 0.6 is 11.6 Å². The van der Waals surface area contributed by atoms with Gasteiger partial charge >= 0.3 is 0 Å². The number of hydrogen-bond acceptors (Lipinski definition) is 3. The van der Waals surface area contributed by atoms with E-state index in [2.05, 4.69) is 9.97 Å². The Morgan fingerprint density at radius 2 is 1.90 bits per heavy atom. The molecule has 2 rings (SSSR count). The highest BCUT2D eigenvalue weighted by atomic mass is 35.5. The minimum absolute atomic E-state index is 0.176. The molecule has 5 heteroatoms. The summed E-state index contributed by atoms with van der Waals surface area (Å²) < 4.78 is 19.3. The molecule has 0 radical (unpaired) electrons. The molecule has 0 spiro atoms. The van der Waals surface area contributed by atoms with Gasteiger partial charge in [-0.15, -0.1) is 0 Å². The third kappa shape index (κ3) is 2.90. The summed E-state index contributed by atoms with van der Waals surface area (Å²) in [7, 11) is 1.43. The van der Waals surface area contributed by atoms with Crippen molar-refractivity contribution in [1.82, 2.24) is 9.97 Å². The van der Waals surface area contributed by atoms with Crippen molar-refractivity contribution in [2.45, 2.75) is 26.2 Å². The molecule has 0 atom stereocenters. The Kier molecular flexibility index (Phi) is 3.95. The van der Waals surface area contributed by atoms with Crippen molar-refractivity contribution in [3.8, 4) is 17.0 Å². The zero-order chi connectivity index (χ0) is 14.9. The zero-order valence-corrected chi connectivity index (χ0v) is 12.6. The minimum atomic E-state index is -0.454.